The van der Waals surface area contributed by atoms with Gasteiger partial charge in [-0.3, -0.25) is 4.79 Å². The van der Waals surface area contributed by atoms with Crippen LogP contribution in [0.5, 0.6) is 0 Å². The molecule has 3 nitrogen and oxygen atoms in total. The molecule has 0 aromatic carbocycles. The Balaban J connectivity index is 0.00000225. The minimum absolute atomic E-state index is 0. The molecule has 0 aromatic heterocycles. The minimum atomic E-state index is 0. The third-order valence-corrected chi connectivity index (χ3v) is 2.88. The molecule has 1 rings (SSSR count). The molecule has 1 aliphatic rings. The van der Waals surface area contributed by atoms with Crippen LogP contribution in [0.1, 0.15) is 39.5 Å². The third kappa shape index (κ3) is 7.07. The first-order chi connectivity index (χ1) is 7.18. The van der Waals surface area contributed by atoms with Gasteiger partial charge in [-0.05, 0) is 44.2 Å². The average molecular weight is 249 g/mol. The number of rotatable bonds is 4. The van der Waals surface area contributed by atoms with Gasteiger partial charge in [0.05, 0.1) is 0 Å². The molecule has 1 saturated heterocycles. The van der Waals surface area contributed by atoms with Crippen molar-refractivity contribution in [2.45, 2.75) is 39.5 Å². The van der Waals surface area contributed by atoms with Crippen molar-refractivity contribution in [1.82, 2.24) is 10.6 Å². The number of carbonyl (C=O) groups excluding carboxylic acids is 1. The summed E-state index contributed by atoms with van der Waals surface area (Å²) >= 11 is 0. The maximum atomic E-state index is 11.6. The quantitative estimate of drug-likeness (QED) is 0.799. The van der Waals surface area contributed by atoms with Gasteiger partial charge in [-0.1, -0.05) is 13.8 Å². The van der Waals surface area contributed by atoms with Gasteiger partial charge in [-0.2, -0.15) is 0 Å². The van der Waals surface area contributed by atoms with Crippen LogP contribution in [0, 0.1) is 11.8 Å². The monoisotopic (exact) mass is 248 g/mol. The largest absolute Gasteiger partial charge is 0.356 e. The van der Waals surface area contributed by atoms with Gasteiger partial charge >= 0.3 is 0 Å². The highest BCUT2D eigenvalue weighted by Crippen LogP contribution is 2.17. The van der Waals surface area contributed by atoms with Crippen molar-refractivity contribution in [2.24, 2.45) is 11.8 Å². The topological polar surface area (TPSA) is 41.1 Å². The highest BCUT2D eigenvalue weighted by Gasteiger charge is 2.15. The van der Waals surface area contributed by atoms with E-state index in [9.17, 15) is 4.79 Å². The van der Waals surface area contributed by atoms with Crippen LogP contribution in [0.15, 0.2) is 0 Å². The SMILES string of the molecule is CC(C)CNC(=O)CC1CCCNCC1.Cl. The molecule has 0 bridgehead atoms. The van der Waals surface area contributed by atoms with E-state index in [2.05, 4.69) is 24.5 Å². The van der Waals surface area contributed by atoms with Crippen LogP contribution in [0.25, 0.3) is 0 Å². The summed E-state index contributed by atoms with van der Waals surface area (Å²) in [6.45, 7) is 7.24. The fraction of sp³-hybridized carbons (Fsp3) is 0.917. The van der Waals surface area contributed by atoms with E-state index in [-0.39, 0.29) is 18.3 Å². The van der Waals surface area contributed by atoms with Crippen molar-refractivity contribution < 1.29 is 4.79 Å². The molecule has 0 spiro atoms. The Labute approximate surface area is 105 Å². The first-order valence-electron chi connectivity index (χ1n) is 6.16. The summed E-state index contributed by atoms with van der Waals surface area (Å²) in [6.07, 6.45) is 4.27. The van der Waals surface area contributed by atoms with Gasteiger partial charge < -0.3 is 10.6 Å². The summed E-state index contributed by atoms with van der Waals surface area (Å²) in [5.41, 5.74) is 0. The second-order valence-electron chi connectivity index (χ2n) is 4.95. The average Bonchev–Trinajstić information content (AvgIpc) is 2.43. The zero-order valence-electron chi connectivity index (χ0n) is 10.4. The lowest BCUT2D eigenvalue weighted by molar-refractivity contribution is -0.122. The van der Waals surface area contributed by atoms with Gasteiger partial charge in [-0.25, -0.2) is 0 Å². The summed E-state index contributed by atoms with van der Waals surface area (Å²) in [7, 11) is 0. The Morgan fingerprint density at radius 3 is 2.81 bits per heavy atom. The zero-order valence-corrected chi connectivity index (χ0v) is 11.2. The fourth-order valence-corrected chi connectivity index (χ4v) is 1.95. The lowest BCUT2D eigenvalue weighted by atomic mass is 9.96. The van der Waals surface area contributed by atoms with E-state index in [0.29, 0.717) is 18.3 Å². The Morgan fingerprint density at radius 2 is 2.12 bits per heavy atom. The van der Waals surface area contributed by atoms with Gasteiger partial charge in [0.15, 0.2) is 0 Å². The van der Waals surface area contributed by atoms with Crippen LogP contribution in [0.2, 0.25) is 0 Å². The predicted octanol–water partition coefficient (Wildman–Crippen LogP) is 1.96. The molecule has 1 fully saturated rings. The summed E-state index contributed by atoms with van der Waals surface area (Å²) in [4.78, 5) is 11.6. The normalized spacial score (nSPS) is 21.1. The van der Waals surface area contributed by atoms with Crippen molar-refractivity contribution in [1.29, 1.82) is 0 Å². The maximum absolute atomic E-state index is 11.6. The molecule has 0 saturated carbocycles. The van der Waals surface area contributed by atoms with Crippen molar-refractivity contribution in [3.63, 3.8) is 0 Å². The van der Waals surface area contributed by atoms with Crippen molar-refractivity contribution in [3.05, 3.63) is 0 Å². The van der Waals surface area contributed by atoms with Gasteiger partial charge in [-0.15, -0.1) is 12.4 Å². The van der Waals surface area contributed by atoms with E-state index in [1.807, 2.05) is 0 Å². The van der Waals surface area contributed by atoms with Gasteiger partial charge in [0.25, 0.3) is 0 Å². The second-order valence-corrected chi connectivity index (χ2v) is 4.95. The van der Waals surface area contributed by atoms with E-state index >= 15 is 0 Å². The molecule has 4 heteroatoms. The Morgan fingerprint density at radius 1 is 1.38 bits per heavy atom. The summed E-state index contributed by atoms with van der Waals surface area (Å²) in [6, 6.07) is 0. The number of carbonyl (C=O) groups is 1. The lowest BCUT2D eigenvalue weighted by Gasteiger charge is -2.14. The second kappa shape index (κ2) is 8.82. The van der Waals surface area contributed by atoms with Crippen LogP contribution in [-0.2, 0) is 4.79 Å². The van der Waals surface area contributed by atoms with E-state index < -0.39 is 0 Å². The van der Waals surface area contributed by atoms with Crippen LogP contribution < -0.4 is 10.6 Å². The molecule has 1 amide bonds. The van der Waals surface area contributed by atoms with Crippen molar-refractivity contribution >= 4 is 18.3 Å². The molecule has 1 heterocycles. The lowest BCUT2D eigenvalue weighted by Crippen LogP contribution is -2.29. The molecule has 1 atom stereocenters. The van der Waals surface area contributed by atoms with Crippen LogP contribution >= 0.6 is 12.4 Å². The van der Waals surface area contributed by atoms with E-state index in [1.165, 1.54) is 12.8 Å². The number of amides is 1. The number of halogens is 1. The third-order valence-electron chi connectivity index (χ3n) is 2.88. The minimum Gasteiger partial charge on any atom is -0.356 e. The number of hydrogen-bond acceptors (Lipinski definition) is 2. The highest BCUT2D eigenvalue weighted by molar-refractivity contribution is 5.85. The molecular formula is C12H25ClN2O. The summed E-state index contributed by atoms with van der Waals surface area (Å²) in [5.74, 6) is 1.37. The molecule has 0 aliphatic carbocycles. The zero-order chi connectivity index (χ0) is 11.1. The van der Waals surface area contributed by atoms with Gasteiger partial charge in [0.2, 0.25) is 5.91 Å². The van der Waals surface area contributed by atoms with Crippen LogP contribution in [0.4, 0.5) is 0 Å². The molecule has 0 aromatic rings. The summed E-state index contributed by atoms with van der Waals surface area (Å²) in [5, 5.41) is 6.36. The highest BCUT2D eigenvalue weighted by atomic mass is 35.5. The molecule has 1 unspecified atom stereocenters. The number of hydrogen-bond donors (Lipinski definition) is 2. The van der Waals surface area contributed by atoms with E-state index in [0.717, 1.165) is 26.1 Å². The standard InChI is InChI=1S/C12H24N2O.ClH/c1-10(2)9-14-12(15)8-11-4-3-6-13-7-5-11;/h10-11,13H,3-9H2,1-2H3,(H,14,15);1H. The van der Waals surface area contributed by atoms with E-state index in [4.69, 9.17) is 0 Å². The molecule has 1 aliphatic heterocycles. The smallest absolute Gasteiger partial charge is 0.220 e. The Kier molecular flexibility index (Phi) is 8.67. The maximum Gasteiger partial charge on any atom is 0.220 e. The van der Waals surface area contributed by atoms with Crippen molar-refractivity contribution in [2.75, 3.05) is 19.6 Å². The molecular weight excluding hydrogens is 224 g/mol. The van der Waals surface area contributed by atoms with Crippen molar-refractivity contribution in [3.8, 4) is 0 Å². The van der Waals surface area contributed by atoms with Crippen LogP contribution in [0.3, 0.4) is 0 Å². The molecule has 16 heavy (non-hydrogen) atoms. The first kappa shape index (κ1) is 15.7. The Bertz CT molecular complexity index is 189. The fourth-order valence-electron chi connectivity index (χ4n) is 1.95. The number of nitrogens with one attached hydrogen (secondary N) is 2. The summed E-state index contributed by atoms with van der Waals surface area (Å²) < 4.78 is 0. The van der Waals surface area contributed by atoms with Crippen LogP contribution in [-0.4, -0.2) is 25.5 Å². The Hall–Kier alpha value is -0.280. The van der Waals surface area contributed by atoms with Gasteiger partial charge in [0, 0.05) is 13.0 Å². The predicted molar refractivity (Wildman–Crippen MR) is 69.9 cm³/mol. The molecule has 0 radical (unpaired) electrons. The molecule has 2 N–H and O–H groups in total. The molecule has 96 valence electrons. The van der Waals surface area contributed by atoms with Gasteiger partial charge in [0.1, 0.15) is 0 Å². The first-order valence-corrected chi connectivity index (χ1v) is 6.16. The van der Waals surface area contributed by atoms with E-state index in [1.54, 1.807) is 0 Å².